The molecule has 284 valence electrons. The van der Waals surface area contributed by atoms with Crippen LogP contribution in [0.15, 0.2) is 43.7 Å². The van der Waals surface area contributed by atoms with Crippen molar-refractivity contribution in [1.82, 2.24) is 19.1 Å². The van der Waals surface area contributed by atoms with Crippen LogP contribution in [0, 0.1) is 0 Å². The van der Waals surface area contributed by atoms with Crippen LogP contribution in [0.2, 0.25) is 0 Å². The van der Waals surface area contributed by atoms with Crippen LogP contribution >= 0.6 is 13.8 Å². The number of ether oxygens (including phenoxy) is 2. The van der Waals surface area contributed by atoms with E-state index in [-0.39, 0.29) is 11.3 Å². The van der Waals surface area contributed by atoms with Crippen LogP contribution in [0.5, 0.6) is 0 Å². The van der Waals surface area contributed by atoms with E-state index in [0.29, 0.717) is 18.4 Å². The van der Waals surface area contributed by atoms with Crippen molar-refractivity contribution >= 4 is 44.3 Å². The van der Waals surface area contributed by atoms with Gasteiger partial charge in [-0.2, -0.15) is 0 Å². The molecule has 2 fully saturated rings. The number of ketones is 1. The highest BCUT2D eigenvalue weighted by molar-refractivity contribution is 7.72. The highest BCUT2D eigenvalue weighted by atomic mass is 31.2. The van der Waals surface area contributed by atoms with Gasteiger partial charge in [-0.15, -0.1) is 26.4 Å². The number of allylic oxidation sites excluding steroid dienone is 2. The van der Waals surface area contributed by atoms with Crippen LogP contribution in [0.1, 0.15) is 56.7 Å². The average molecular weight is 755 g/mol. The summed E-state index contributed by atoms with van der Waals surface area (Å²) in [6.07, 6.45) is 11.9. The molecule has 0 unspecified atom stereocenters. The zero-order valence-electron chi connectivity index (χ0n) is 30.0. The van der Waals surface area contributed by atoms with Gasteiger partial charge in [0.2, 0.25) is 0 Å². The molecule has 2 aromatic rings. The second-order valence-electron chi connectivity index (χ2n) is 14.2. The monoisotopic (exact) mass is 754 g/mol. The fourth-order valence-electron chi connectivity index (χ4n) is 5.42. The highest BCUT2D eigenvalue weighted by Gasteiger charge is 2.45. The number of rotatable bonds is 12. The van der Waals surface area contributed by atoms with Gasteiger partial charge in [0.05, 0.1) is 23.3 Å². The number of carbonyl (C=O) groups is 1. The Bertz CT molecular complexity index is 1930. The van der Waals surface area contributed by atoms with Gasteiger partial charge in [0.25, 0.3) is 11.1 Å². The summed E-state index contributed by atoms with van der Waals surface area (Å²) in [5.74, 6) is -0.256. The van der Waals surface area contributed by atoms with Gasteiger partial charge in [0, 0.05) is 12.4 Å². The molecule has 0 aromatic carbocycles. The van der Waals surface area contributed by atoms with Gasteiger partial charge >= 0.3 is 11.4 Å². The Kier molecular flexibility index (Phi) is 14.6. The maximum Gasteiger partial charge on any atom is 0.330 e. The number of H-pyrrole nitrogens is 2. The van der Waals surface area contributed by atoms with E-state index in [9.17, 15) is 44.4 Å². The predicted octanol–water partition coefficient (Wildman–Crippen LogP) is 0.536. The van der Waals surface area contributed by atoms with Crippen LogP contribution in [-0.4, -0.2) is 134 Å². The molecule has 0 amide bonds. The van der Waals surface area contributed by atoms with Gasteiger partial charge in [-0.1, -0.05) is 19.1 Å². The molecule has 2 aliphatic rings. The van der Waals surface area contributed by atoms with E-state index in [2.05, 4.69) is 49.2 Å². The number of aromatic amines is 2. The molecule has 51 heavy (non-hydrogen) atoms. The molecule has 2 aliphatic heterocycles. The molecule has 0 bridgehead atoms. The molecule has 6 N–H and O–H groups in total. The minimum absolute atomic E-state index is 0.0679. The number of hydrogen-bond donors (Lipinski definition) is 6. The zero-order valence-corrected chi connectivity index (χ0v) is 31.8. The summed E-state index contributed by atoms with van der Waals surface area (Å²) in [5, 5.41) is 41.1. The summed E-state index contributed by atoms with van der Waals surface area (Å²) in [6.45, 7) is 8.93. The van der Waals surface area contributed by atoms with E-state index in [1.165, 1.54) is 31.5 Å². The van der Waals surface area contributed by atoms with Crippen molar-refractivity contribution in [3.63, 3.8) is 0 Å². The molecule has 2 saturated heterocycles. The Hall–Kier alpha value is -3.13. The number of aliphatic hydroxyl groups excluding tert-OH is 4. The number of hydrogen-bond acceptors (Lipinski definition) is 11. The first-order valence-electron chi connectivity index (χ1n) is 16.6. The minimum Gasteiger partial charge on any atom is -0.388 e. The first-order valence-corrected chi connectivity index (χ1v) is 22.7. The van der Waals surface area contributed by atoms with Crippen molar-refractivity contribution in [2.45, 2.75) is 82.2 Å². The van der Waals surface area contributed by atoms with E-state index in [0.717, 1.165) is 27.9 Å². The fraction of sp³-hybridized carbons (Fsp3) is 0.559. The second-order valence-corrected chi connectivity index (χ2v) is 22.9. The largest absolute Gasteiger partial charge is 0.388 e. The van der Waals surface area contributed by atoms with E-state index < -0.39 is 85.3 Å². The average Bonchev–Trinajstić information content (AvgIpc) is 3.47. The van der Waals surface area contributed by atoms with Crippen molar-refractivity contribution in [2.75, 3.05) is 39.0 Å². The van der Waals surface area contributed by atoms with Gasteiger partial charge in [-0.05, 0) is 77.3 Å². The van der Waals surface area contributed by atoms with E-state index >= 15 is 0 Å². The van der Waals surface area contributed by atoms with Crippen molar-refractivity contribution in [2.24, 2.45) is 0 Å². The molecule has 0 aliphatic carbocycles. The molecule has 4 rings (SSSR count). The predicted molar refractivity (Wildman–Crippen MR) is 204 cm³/mol. The van der Waals surface area contributed by atoms with E-state index in [1.807, 2.05) is 6.92 Å². The lowest BCUT2D eigenvalue weighted by Crippen LogP contribution is -2.38. The Balaban J connectivity index is 0.000000276. The number of nitrogens with one attached hydrogen (secondary N) is 2. The molecule has 0 saturated carbocycles. The third kappa shape index (κ3) is 11.7. The van der Waals surface area contributed by atoms with E-state index in [4.69, 9.17) is 9.47 Å². The highest BCUT2D eigenvalue weighted by Crippen LogP contribution is 2.40. The smallest absolute Gasteiger partial charge is 0.330 e. The molecular weight excluding hydrogens is 702 g/mol. The second kappa shape index (κ2) is 17.6. The molecular formula is C34H52N4O11P2. The maximum atomic E-state index is 12.1. The number of aliphatic hydroxyl groups is 4. The quantitative estimate of drug-likeness (QED) is 0.130. The fourth-order valence-corrected chi connectivity index (χ4v) is 7.32. The normalized spacial score (nSPS) is 26.9. The molecule has 0 spiro atoms. The van der Waals surface area contributed by atoms with Crippen LogP contribution in [-0.2, 0) is 14.3 Å². The number of nitrogens with zero attached hydrogens (tertiary/aromatic N) is 2. The standard InChI is InChI=1S/C17H25N2O6P.C17H27N2O5P/c1-10(20)5-6-11-9-19(17(24)18-15(11)23)16-14(22)13(21)12(25-16)7-8-26(2,3)4;1-5-6-7-11-10-19(17(23)18-15(11)22)16-14(21)13(20)12(24-16)8-9-25(2,3)4/h5-6,9,12-14,16,21-22H,2,7-8H2,1,3-4H3,(H,18,23,24);6-7,10,12-14,16,20-21H,2,5,8-9H2,1,3-4H3,(H,18,22,23)/b6-5+;7-6+/t2*12-,13-,14-,16-/m11/s1. The van der Waals surface area contributed by atoms with Gasteiger partial charge in [-0.25, -0.2) is 9.59 Å². The topological polar surface area (TPSA) is 226 Å². The molecule has 17 heteroatoms. The lowest BCUT2D eigenvalue weighted by Gasteiger charge is -2.19. The summed E-state index contributed by atoms with van der Waals surface area (Å²) >= 11 is 0. The summed E-state index contributed by atoms with van der Waals surface area (Å²) in [4.78, 5) is 63.4. The zero-order chi connectivity index (χ0) is 38.4. The molecule has 15 nitrogen and oxygen atoms in total. The molecule has 0 radical (unpaired) electrons. The first kappa shape index (κ1) is 42.3. The van der Waals surface area contributed by atoms with E-state index in [1.54, 1.807) is 12.2 Å². The van der Waals surface area contributed by atoms with Crippen molar-refractivity contribution in [1.29, 1.82) is 0 Å². The van der Waals surface area contributed by atoms with Gasteiger partial charge in [0.15, 0.2) is 18.2 Å². The van der Waals surface area contributed by atoms with Crippen LogP contribution < -0.4 is 22.5 Å². The summed E-state index contributed by atoms with van der Waals surface area (Å²) in [6, 6.07) is 0. The lowest BCUT2D eigenvalue weighted by molar-refractivity contribution is -0.112. The Morgan fingerprint density at radius 2 is 1.16 bits per heavy atom. The van der Waals surface area contributed by atoms with Gasteiger partial charge in [-0.3, -0.25) is 33.5 Å². The Morgan fingerprint density at radius 1 is 0.765 bits per heavy atom. The van der Waals surface area contributed by atoms with Crippen LogP contribution in [0.4, 0.5) is 0 Å². The lowest BCUT2D eigenvalue weighted by atomic mass is 10.1. The van der Waals surface area contributed by atoms with Crippen molar-refractivity contribution in [3.8, 4) is 0 Å². The van der Waals surface area contributed by atoms with Crippen LogP contribution in [0.3, 0.4) is 0 Å². The SMILES string of the molecule is C=P(C)(C)CC[C@H]1O[C@@H](n2cc(/C=C/C(C)=O)c(=O)[nH]c2=O)[C@H](O)[C@@H]1O.C=P(C)(C)CC[C@H]1O[C@@H](n2cc(/C=C/CC)c(=O)[nH]c2=O)[C@H](O)[C@@H]1O. The van der Waals surface area contributed by atoms with Crippen molar-refractivity contribution in [3.05, 3.63) is 77.3 Å². The summed E-state index contributed by atoms with van der Waals surface area (Å²) in [5.41, 5.74) is -2.24. The molecule has 8 atom stereocenters. The maximum absolute atomic E-state index is 12.1. The number of aromatic nitrogens is 4. The van der Waals surface area contributed by atoms with Crippen molar-refractivity contribution < 1.29 is 34.7 Å². The Morgan fingerprint density at radius 3 is 1.51 bits per heavy atom. The van der Waals surface area contributed by atoms with Gasteiger partial charge < -0.3 is 29.9 Å². The minimum atomic E-state index is -1.33. The summed E-state index contributed by atoms with van der Waals surface area (Å²) < 4.78 is 13.6. The third-order valence-electron chi connectivity index (χ3n) is 8.28. The molecule has 2 aromatic heterocycles. The first-order chi connectivity index (χ1) is 23.6. The third-order valence-corrected chi connectivity index (χ3v) is 11.2. The molecule has 4 heterocycles. The number of carbonyl (C=O) groups excluding carboxylic acids is 1. The summed E-state index contributed by atoms with van der Waals surface area (Å²) in [7, 11) is 0. The van der Waals surface area contributed by atoms with Crippen LogP contribution in [0.25, 0.3) is 12.2 Å². The van der Waals surface area contributed by atoms with Gasteiger partial charge in [0.1, 0.15) is 24.4 Å². The Labute approximate surface area is 296 Å².